The van der Waals surface area contributed by atoms with E-state index in [0.29, 0.717) is 21.4 Å². The molecule has 0 aromatic heterocycles. The van der Waals surface area contributed by atoms with Crippen LogP contribution in [0.5, 0.6) is 0 Å². The average molecular weight is 477 g/mol. The van der Waals surface area contributed by atoms with E-state index in [-0.39, 0.29) is 19.5 Å². The third-order valence-corrected chi connectivity index (χ3v) is 8.40. The molecule has 1 radical (unpaired) electrons. The van der Waals surface area contributed by atoms with Crippen molar-refractivity contribution in [3.05, 3.63) is 58.0 Å². The van der Waals surface area contributed by atoms with Gasteiger partial charge in [0.05, 0.1) is 4.90 Å². The van der Waals surface area contributed by atoms with Gasteiger partial charge in [-0.3, -0.25) is 0 Å². The molecule has 0 fully saturated rings. The molecule has 1 aromatic rings. The molecule has 1 aliphatic carbocycles. The second kappa shape index (κ2) is 9.29. The van der Waals surface area contributed by atoms with Gasteiger partial charge < -0.3 is 4.79 Å². The first-order chi connectivity index (χ1) is 11.7. The third-order valence-electron chi connectivity index (χ3n) is 4.53. The van der Waals surface area contributed by atoms with Gasteiger partial charge in [-0.1, -0.05) is 75.4 Å². The predicted octanol–water partition coefficient (Wildman–Crippen LogP) is 4.79. The fourth-order valence-corrected chi connectivity index (χ4v) is 6.52. The predicted molar refractivity (Wildman–Crippen MR) is 105 cm³/mol. The molecular weight excluding hydrogens is 451 g/mol. The van der Waals surface area contributed by atoms with Crippen LogP contribution in [0, 0.1) is 6.42 Å². The summed E-state index contributed by atoms with van der Waals surface area (Å²) in [6.45, 7) is 8.16. The van der Waals surface area contributed by atoms with Crippen molar-refractivity contribution in [3.8, 4) is 0 Å². The van der Waals surface area contributed by atoms with E-state index >= 15 is 0 Å². The summed E-state index contributed by atoms with van der Waals surface area (Å²) in [5, 5.41) is 0.711. The van der Waals surface area contributed by atoms with E-state index in [1.807, 2.05) is 19.4 Å². The summed E-state index contributed by atoms with van der Waals surface area (Å²) in [6.07, 6.45) is 6.95. The quantitative estimate of drug-likeness (QED) is 0.348. The molecule has 0 N–H and O–H groups in total. The third kappa shape index (κ3) is 4.85. The number of carbonyl (C=O) groups excluding carboxylic acids is 1. The molecule has 26 heavy (non-hydrogen) atoms. The first-order valence-corrected chi connectivity index (χ1v) is 13.7. The molecule has 2 rings (SSSR count). The molecule has 0 atom stereocenters. The molecule has 0 spiro atoms. The standard InChI is InChI=1S/C20H26O3SSi.Rh/c1-5-17-18(20(15-21)25(2,3)4)13-9-10-14-19(17)24(22,23)16-11-7-6-8-12-16;/h5-8,11-12H,9-10,13-14H2,1-4H3;/q-2;+2/b20-18+;. The Morgan fingerprint density at radius 1 is 1.08 bits per heavy atom. The molecule has 0 saturated heterocycles. The summed E-state index contributed by atoms with van der Waals surface area (Å²) in [6, 6.07) is 8.56. The second-order valence-corrected chi connectivity index (χ2v) is 14.3. The molecular formula is C20H26O3RhSSi. The summed E-state index contributed by atoms with van der Waals surface area (Å²) in [4.78, 5) is 12.5. The number of hydrogen-bond acceptors (Lipinski definition) is 3. The van der Waals surface area contributed by atoms with Gasteiger partial charge in [0.15, 0.2) is 9.84 Å². The largest absolute Gasteiger partial charge is 2.00 e. The smallest absolute Gasteiger partial charge is 0.419 e. The van der Waals surface area contributed by atoms with Gasteiger partial charge in [0, 0.05) is 8.07 Å². The molecule has 1 aromatic carbocycles. The molecule has 1 aliphatic rings. The van der Waals surface area contributed by atoms with E-state index < -0.39 is 17.9 Å². The van der Waals surface area contributed by atoms with Crippen LogP contribution < -0.4 is 0 Å². The molecule has 0 heterocycles. The van der Waals surface area contributed by atoms with Gasteiger partial charge in [0.2, 0.25) is 0 Å². The number of rotatable bonds is 5. The topological polar surface area (TPSA) is 51.2 Å². The van der Waals surface area contributed by atoms with Gasteiger partial charge in [-0.25, -0.2) is 19.6 Å². The van der Waals surface area contributed by atoms with Crippen molar-refractivity contribution < 1.29 is 32.7 Å². The van der Waals surface area contributed by atoms with Crippen molar-refractivity contribution in [1.82, 2.24) is 0 Å². The minimum absolute atomic E-state index is 0. The van der Waals surface area contributed by atoms with Gasteiger partial charge in [-0.05, 0) is 18.4 Å². The van der Waals surface area contributed by atoms with Crippen LogP contribution in [0.2, 0.25) is 19.6 Å². The summed E-state index contributed by atoms with van der Waals surface area (Å²) < 4.78 is 26.5. The van der Waals surface area contributed by atoms with Crippen molar-refractivity contribution in [2.45, 2.75) is 57.1 Å². The fraction of sp³-hybridized carbons (Fsp3) is 0.400. The zero-order valence-electron chi connectivity index (χ0n) is 15.8. The SMILES string of the molecule is C[CH-]C1=C(S(=O)(=O)c2ccccc2)CCCC/C1=C(/[C-]=O)[Si](C)(C)C.[Rh+2]. The Bertz CT molecular complexity index is 803. The molecule has 0 bridgehead atoms. The first kappa shape index (κ1) is 23.1. The van der Waals surface area contributed by atoms with E-state index in [4.69, 9.17) is 0 Å². The van der Waals surface area contributed by atoms with E-state index in [2.05, 4.69) is 25.9 Å². The monoisotopic (exact) mass is 477 g/mol. The van der Waals surface area contributed by atoms with Crippen LogP contribution >= 0.6 is 0 Å². The Morgan fingerprint density at radius 3 is 2.15 bits per heavy atom. The fourth-order valence-electron chi connectivity index (χ4n) is 3.31. The summed E-state index contributed by atoms with van der Waals surface area (Å²) in [5.41, 5.74) is 1.62. The molecule has 0 amide bonds. The van der Waals surface area contributed by atoms with Gasteiger partial charge in [0.1, 0.15) is 0 Å². The van der Waals surface area contributed by atoms with Crippen LogP contribution in [0.15, 0.2) is 56.5 Å². The number of allylic oxidation sites excluding steroid dienone is 4. The number of hydrogen-bond donors (Lipinski definition) is 0. The Kier molecular flexibility index (Phi) is 8.25. The van der Waals surface area contributed by atoms with E-state index in [0.717, 1.165) is 30.4 Å². The Labute approximate surface area is 171 Å². The first-order valence-electron chi connectivity index (χ1n) is 8.68. The molecule has 3 nitrogen and oxygen atoms in total. The minimum Gasteiger partial charge on any atom is -0.419 e. The van der Waals surface area contributed by atoms with Gasteiger partial charge in [-0.2, -0.15) is 11.6 Å². The van der Waals surface area contributed by atoms with Crippen LogP contribution in [0.25, 0.3) is 0 Å². The van der Waals surface area contributed by atoms with Gasteiger partial charge >= 0.3 is 19.5 Å². The minimum atomic E-state index is -3.57. The van der Waals surface area contributed by atoms with Crippen molar-refractivity contribution in [2.75, 3.05) is 0 Å². The van der Waals surface area contributed by atoms with Crippen LogP contribution in [-0.4, -0.2) is 22.8 Å². The normalized spacial score (nSPS) is 17.8. The maximum absolute atomic E-state index is 13.2. The molecule has 0 unspecified atom stereocenters. The Hall–Kier alpha value is -0.970. The molecule has 6 heteroatoms. The van der Waals surface area contributed by atoms with Crippen molar-refractivity contribution >= 4 is 24.2 Å². The molecule has 0 aliphatic heterocycles. The van der Waals surface area contributed by atoms with Crippen LogP contribution in [0.3, 0.4) is 0 Å². The number of sulfone groups is 1. The van der Waals surface area contributed by atoms with E-state index in [9.17, 15) is 13.2 Å². The van der Waals surface area contributed by atoms with Crippen molar-refractivity contribution in [3.63, 3.8) is 0 Å². The van der Waals surface area contributed by atoms with E-state index in [1.165, 1.54) is 0 Å². The summed E-state index contributed by atoms with van der Waals surface area (Å²) >= 11 is 0. The van der Waals surface area contributed by atoms with E-state index in [1.54, 1.807) is 24.3 Å². The van der Waals surface area contributed by atoms with Crippen LogP contribution in [0.1, 0.15) is 32.6 Å². The maximum atomic E-state index is 13.2. The van der Waals surface area contributed by atoms with Crippen LogP contribution in [-0.2, 0) is 34.1 Å². The zero-order chi connectivity index (χ0) is 18.7. The van der Waals surface area contributed by atoms with Gasteiger partial charge in [0.25, 0.3) is 0 Å². The number of benzene rings is 1. The zero-order valence-corrected chi connectivity index (χ0v) is 19.2. The average Bonchev–Trinajstić information content (AvgIpc) is 2.78. The second-order valence-electron chi connectivity index (χ2n) is 7.35. The Morgan fingerprint density at radius 2 is 1.65 bits per heavy atom. The summed E-state index contributed by atoms with van der Waals surface area (Å²) in [7, 11) is -5.48. The summed E-state index contributed by atoms with van der Waals surface area (Å²) in [5.74, 6) is 0. The van der Waals surface area contributed by atoms with Crippen molar-refractivity contribution in [1.29, 1.82) is 0 Å². The molecule has 143 valence electrons. The van der Waals surface area contributed by atoms with Crippen molar-refractivity contribution in [2.24, 2.45) is 0 Å². The molecule has 0 saturated carbocycles. The van der Waals surface area contributed by atoms with Crippen LogP contribution in [0.4, 0.5) is 0 Å². The maximum Gasteiger partial charge on any atom is 2.00 e. The van der Waals surface area contributed by atoms with Gasteiger partial charge in [-0.15, -0.1) is 0 Å². The Balaban J connectivity index is 0.00000338.